The SMILES string of the molecule is CC(C)(C)C1CCN(c2ccc(Cl)cc2CCl)CC1. The van der Waals surface area contributed by atoms with E-state index in [1.165, 1.54) is 18.5 Å². The molecule has 1 nitrogen and oxygen atoms in total. The molecule has 1 aliphatic heterocycles. The van der Waals surface area contributed by atoms with E-state index in [1.807, 2.05) is 12.1 Å². The smallest absolute Gasteiger partial charge is 0.0495 e. The summed E-state index contributed by atoms with van der Waals surface area (Å²) < 4.78 is 0. The lowest BCUT2D eigenvalue weighted by Crippen LogP contribution is -2.38. The van der Waals surface area contributed by atoms with Crippen LogP contribution in [0.3, 0.4) is 0 Å². The van der Waals surface area contributed by atoms with Crippen molar-refractivity contribution >= 4 is 28.9 Å². The molecule has 19 heavy (non-hydrogen) atoms. The number of benzene rings is 1. The molecule has 0 amide bonds. The quantitative estimate of drug-likeness (QED) is 0.666. The van der Waals surface area contributed by atoms with E-state index < -0.39 is 0 Å². The van der Waals surface area contributed by atoms with E-state index in [0.29, 0.717) is 11.3 Å². The first-order valence-corrected chi connectivity index (χ1v) is 7.92. The van der Waals surface area contributed by atoms with Gasteiger partial charge >= 0.3 is 0 Å². The van der Waals surface area contributed by atoms with E-state index in [4.69, 9.17) is 23.2 Å². The Kier molecular flexibility index (Phi) is 4.68. The maximum absolute atomic E-state index is 6.04. The van der Waals surface area contributed by atoms with E-state index in [-0.39, 0.29) is 0 Å². The molecule has 2 rings (SSSR count). The van der Waals surface area contributed by atoms with Crippen LogP contribution in [0.15, 0.2) is 18.2 Å². The zero-order valence-corrected chi connectivity index (χ0v) is 13.6. The minimum Gasteiger partial charge on any atom is -0.371 e. The van der Waals surface area contributed by atoms with Crippen molar-refractivity contribution in [2.75, 3.05) is 18.0 Å². The van der Waals surface area contributed by atoms with Gasteiger partial charge in [-0.05, 0) is 47.9 Å². The zero-order chi connectivity index (χ0) is 14.0. The van der Waals surface area contributed by atoms with Gasteiger partial charge in [-0.2, -0.15) is 0 Å². The number of hydrogen-bond acceptors (Lipinski definition) is 1. The number of anilines is 1. The van der Waals surface area contributed by atoms with Crippen molar-refractivity contribution in [3.8, 4) is 0 Å². The Bertz CT molecular complexity index is 429. The average Bonchev–Trinajstić information content (AvgIpc) is 2.37. The summed E-state index contributed by atoms with van der Waals surface area (Å²) in [6.07, 6.45) is 2.52. The summed E-state index contributed by atoms with van der Waals surface area (Å²) in [7, 11) is 0. The van der Waals surface area contributed by atoms with Crippen LogP contribution in [0.25, 0.3) is 0 Å². The summed E-state index contributed by atoms with van der Waals surface area (Å²) in [4.78, 5) is 2.45. The Morgan fingerprint density at radius 3 is 2.37 bits per heavy atom. The highest BCUT2D eigenvalue weighted by Gasteiger charge is 2.29. The second-order valence-electron chi connectivity index (χ2n) is 6.53. The first-order valence-electron chi connectivity index (χ1n) is 7.01. The molecule has 1 saturated heterocycles. The number of piperidine rings is 1. The van der Waals surface area contributed by atoms with Crippen molar-refractivity contribution < 1.29 is 0 Å². The van der Waals surface area contributed by atoms with Gasteiger partial charge in [0.1, 0.15) is 0 Å². The van der Waals surface area contributed by atoms with Gasteiger partial charge in [-0.1, -0.05) is 32.4 Å². The van der Waals surface area contributed by atoms with E-state index in [9.17, 15) is 0 Å². The van der Waals surface area contributed by atoms with Crippen LogP contribution in [-0.2, 0) is 5.88 Å². The Morgan fingerprint density at radius 1 is 1.21 bits per heavy atom. The highest BCUT2D eigenvalue weighted by atomic mass is 35.5. The predicted molar refractivity (Wildman–Crippen MR) is 85.4 cm³/mol. The fourth-order valence-corrected chi connectivity index (χ4v) is 3.36. The molecular weight excluding hydrogens is 277 g/mol. The number of alkyl halides is 1. The number of halogens is 2. The lowest BCUT2D eigenvalue weighted by molar-refractivity contribution is 0.199. The van der Waals surface area contributed by atoms with Crippen LogP contribution >= 0.6 is 23.2 Å². The third-order valence-corrected chi connectivity index (χ3v) is 4.77. The van der Waals surface area contributed by atoms with Gasteiger partial charge in [0.05, 0.1) is 0 Å². The molecule has 0 atom stereocenters. The van der Waals surface area contributed by atoms with Crippen molar-refractivity contribution in [1.82, 2.24) is 0 Å². The molecule has 1 aromatic rings. The minimum atomic E-state index is 0.418. The standard InChI is InChI=1S/C16H23Cl2N/c1-16(2,3)13-6-8-19(9-7-13)15-5-4-14(18)10-12(15)11-17/h4-5,10,13H,6-9,11H2,1-3H3. The molecular formula is C16H23Cl2N. The molecule has 0 saturated carbocycles. The first kappa shape index (κ1) is 15.0. The third kappa shape index (κ3) is 3.58. The van der Waals surface area contributed by atoms with Gasteiger partial charge in [0.15, 0.2) is 0 Å². The van der Waals surface area contributed by atoms with Gasteiger partial charge in [0, 0.05) is 29.7 Å². The van der Waals surface area contributed by atoms with E-state index in [0.717, 1.165) is 29.6 Å². The minimum absolute atomic E-state index is 0.418. The van der Waals surface area contributed by atoms with E-state index >= 15 is 0 Å². The van der Waals surface area contributed by atoms with Gasteiger partial charge in [0.2, 0.25) is 0 Å². The lowest BCUT2D eigenvalue weighted by atomic mass is 9.75. The summed E-state index contributed by atoms with van der Waals surface area (Å²) >= 11 is 12.1. The van der Waals surface area contributed by atoms with Crippen molar-refractivity contribution in [2.45, 2.75) is 39.5 Å². The molecule has 0 spiro atoms. The fourth-order valence-electron chi connectivity index (χ4n) is 2.96. The molecule has 0 aliphatic carbocycles. The lowest BCUT2D eigenvalue weighted by Gasteiger charge is -2.40. The van der Waals surface area contributed by atoms with Gasteiger partial charge in [-0.15, -0.1) is 11.6 Å². The summed E-state index contributed by atoms with van der Waals surface area (Å²) in [6.45, 7) is 9.28. The van der Waals surface area contributed by atoms with Crippen LogP contribution in [0.5, 0.6) is 0 Å². The molecule has 1 heterocycles. The maximum atomic E-state index is 6.04. The topological polar surface area (TPSA) is 3.24 Å². The van der Waals surface area contributed by atoms with Crippen molar-refractivity contribution in [1.29, 1.82) is 0 Å². The van der Waals surface area contributed by atoms with Crippen molar-refractivity contribution in [3.63, 3.8) is 0 Å². The van der Waals surface area contributed by atoms with Gasteiger partial charge in [0.25, 0.3) is 0 Å². The molecule has 1 aromatic carbocycles. The van der Waals surface area contributed by atoms with E-state index in [2.05, 4.69) is 31.7 Å². The van der Waals surface area contributed by atoms with Gasteiger partial charge in [-0.3, -0.25) is 0 Å². The molecule has 3 heteroatoms. The summed E-state index contributed by atoms with van der Waals surface area (Å²) in [6, 6.07) is 6.06. The van der Waals surface area contributed by atoms with Crippen molar-refractivity contribution in [3.05, 3.63) is 28.8 Å². The van der Waals surface area contributed by atoms with Crippen LogP contribution in [0.1, 0.15) is 39.2 Å². The van der Waals surface area contributed by atoms with Gasteiger partial charge in [-0.25, -0.2) is 0 Å². The molecule has 106 valence electrons. The third-order valence-electron chi connectivity index (χ3n) is 4.25. The monoisotopic (exact) mass is 299 g/mol. The van der Waals surface area contributed by atoms with Crippen LogP contribution in [0, 0.1) is 11.3 Å². The zero-order valence-electron chi connectivity index (χ0n) is 12.0. The average molecular weight is 300 g/mol. The van der Waals surface area contributed by atoms with Crippen molar-refractivity contribution in [2.24, 2.45) is 11.3 Å². The highest BCUT2D eigenvalue weighted by Crippen LogP contribution is 2.36. The fraction of sp³-hybridized carbons (Fsp3) is 0.625. The molecule has 0 unspecified atom stereocenters. The Labute approximate surface area is 126 Å². The highest BCUT2D eigenvalue weighted by molar-refractivity contribution is 6.30. The largest absolute Gasteiger partial charge is 0.371 e. The molecule has 1 fully saturated rings. The van der Waals surface area contributed by atoms with Crippen LogP contribution in [0.2, 0.25) is 5.02 Å². The summed E-state index contributed by atoms with van der Waals surface area (Å²) in [5.41, 5.74) is 2.82. The molecule has 1 aliphatic rings. The molecule has 0 aromatic heterocycles. The van der Waals surface area contributed by atoms with E-state index in [1.54, 1.807) is 0 Å². The molecule has 0 N–H and O–H groups in total. The second-order valence-corrected chi connectivity index (χ2v) is 7.24. The summed E-state index contributed by atoms with van der Waals surface area (Å²) in [5, 5.41) is 0.768. The normalized spacial score (nSPS) is 17.8. The Morgan fingerprint density at radius 2 is 1.84 bits per heavy atom. The summed E-state index contributed by atoms with van der Waals surface area (Å²) in [5.74, 6) is 1.34. The molecule has 0 radical (unpaired) electrons. The predicted octanol–water partition coefficient (Wildman–Crippen LogP) is 5.34. The Balaban J connectivity index is 2.10. The number of nitrogens with zero attached hydrogens (tertiary/aromatic N) is 1. The number of hydrogen-bond donors (Lipinski definition) is 0. The van der Waals surface area contributed by atoms with Crippen LogP contribution in [0.4, 0.5) is 5.69 Å². The number of rotatable bonds is 2. The van der Waals surface area contributed by atoms with Crippen LogP contribution < -0.4 is 4.90 Å². The first-order chi connectivity index (χ1) is 8.91. The molecule has 0 bridgehead atoms. The van der Waals surface area contributed by atoms with Gasteiger partial charge < -0.3 is 4.90 Å². The second kappa shape index (κ2) is 5.93. The maximum Gasteiger partial charge on any atom is 0.0495 e. The van der Waals surface area contributed by atoms with Crippen LogP contribution in [-0.4, -0.2) is 13.1 Å². The Hall–Kier alpha value is -0.400.